The number of amides is 1. The van der Waals surface area contributed by atoms with E-state index < -0.39 is 11.8 Å². The fraction of sp³-hybridized carbons (Fsp3) is 0.167. The van der Waals surface area contributed by atoms with Crippen LogP contribution in [0.1, 0.15) is 28.4 Å². The molecule has 1 aromatic carbocycles. The van der Waals surface area contributed by atoms with Gasteiger partial charge in [0.2, 0.25) is 5.88 Å². The fourth-order valence-corrected chi connectivity index (χ4v) is 2.72. The Bertz CT molecular complexity index is 924. The summed E-state index contributed by atoms with van der Waals surface area (Å²) in [5.74, 6) is -1.08. The van der Waals surface area contributed by atoms with Crippen molar-refractivity contribution >= 4 is 22.5 Å². The number of hydrogen-bond acceptors (Lipinski definition) is 5. The molecule has 0 saturated heterocycles. The number of carbonyl (C=O) groups is 1. The smallest absolute Gasteiger partial charge is 0.256 e. The Kier molecular flexibility index (Phi) is 4.04. The molecule has 2 aromatic heterocycles. The lowest BCUT2D eigenvalue weighted by molar-refractivity contribution is 0.102. The van der Waals surface area contributed by atoms with Gasteiger partial charge in [0.05, 0.1) is 5.52 Å². The SMILES string of the molecule is CCc1ccc2nc(O)c(NC(=O)c3ccncc3)c(O)c2c1C. The van der Waals surface area contributed by atoms with Gasteiger partial charge in [-0.25, -0.2) is 4.98 Å². The van der Waals surface area contributed by atoms with Crippen LogP contribution >= 0.6 is 0 Å². The van der Waals surface area contributed by atoms with Gasteiger partial charge in [-0.05, 0) is 42.7 Å². The number of hydrogen-bond donors (Lipinski definition) is 3. The average molecular weight is 323 g/mol. The van der Waals surface area contributed by atoms with Gasteiger partial charge in [-0.3, -0.25) is 9.78 Å². The summed E-state index contributed by atoms with van der Waals surface area (Å²) in [7, 11) is 0. The molecule has 0 aliphatic rings. The van der Waals surface area contributed by atoms with E-state index in [2.05, 4.69) is 15.3 Å². The topological polar surface area (TPSA) is 95.3 Å². The van der Waals surface area contributed by atoms with Gasteiger partial charge in [0.15, 0.2) is 5.75 Å². The van der Waals surface area contributed by atoms with Crippen molar-refractivity contribution in [3.63, 3.8) is 0 Å². The van der Waals surface area contributed by atoms with Crippen molar-refractivity contribution in [1.82, 2.24) is 9.97 Å². The standard InChI is InChI=1S/C18H17N3O3/c1-3-11-4-5-13-14(10(11)2)16(22)15(18(24)20-13)21-17(23)12-6-8-19-9-7-12/h4-9H,3H2,1-2H3,(H,21,23)(H2,20,22,24). The van der Waals surface area contributed by atoms with Crippen molar-refractivity contribution in [3.8, 4) is 11.6 Å². The molecule has 6 nitrogen and oxygen atoms in total. The van der Waals surface area contributed by atoms with Crippen LogP contribution in [-0.4, -0.2) is 26.1 Å². The Morgan fingerprint density at radius 3 is 2.54 bits per heavy atom. The minimum absolute atomic E-state index is 0.0966. The second kappa shape index (κ2) is 6.16. The van der Waals surface area contributed by atoms with Gasteiger partial charge < -0.3 is 15.5 Å². The van der Waals surface area contributed by atoms with Crippen LogP contribution in [0.2, 0.25) is 0 Å². The molecule has 0 radical (unpaired) electrons. The van der Waals surface area contributed by atoms with E-state index in [-0.39, 0.29) is 11.4 Å². The number of aromatic nitrogens is 2. The highest BCUT2D eigenvalue weighted by atomic mass is 16.3. The van der Waals surface area contributed by atoms with Gasteiger partial charge in [0.25, 0.3) is 5.91 Å². The number of nitrogens with one attached hydrogen (secondary N) is 1. The first kappa shape index (κ1) is 15.7. The van der Waals surface area contributed by atoms with Crippen molar-refractivity contribution in [2.24, 2.45) is 0 Å². The molecular weight excluding hydrogens is 306 g/mol. The first-order valence-corrected chi connectivity index (χ1v) is 7.58. The molecule has 0 fully saturated rings. The zero-order chi connectivity index (χ0) is 17.3. The minimum atomic E-state index is -0.464. The predicted octanol–water partition coefficient (Wildman–Crippen LogP) is 3.16. The van der Waals surface area contributed by atoms with Crippen molar-refractivity contribution in [2.45, 2.75) is 20.3 Å². The number of anilines is 1. The normalized spacial score (nSPS) is 10.8. The van der Waals surface area contributed by atoms with Gasteiger partial charge in [0, 0.05) is 23.3 Å². The third kappa shape index (κ3) is 2.62. The van der Waals surface area contributed by atoms with E-state index >= 15 is 0 Å². The molecule has 0 saturated carbocycles. The highest BCUT2D eigenvalue weighted by Gasteiger charge is 2.19. The summed E-state index contributed by atoms with van der Waals surface area (Å²) in [5, 5.41) is 23.8. The third-order valence-corrected chi connectivity index (χ3v) is 4.04. The van der Waals surface area contributed by atoms with Crippen LogP contribution in [0.3, 0.4) is 0 Å². The number of fused-ring (bicyclic) bond motifs is 1. The van der Waals surface area contributed by atoms with Crippen molar-refractivity contribution in [2.75, 3.05) is 5.32 Å². The molecule has 6 heteroatoms. The number of aryl methyl sites for hydroxylation is 2. The molecule has 0 bridgehead atoms. The summed E-state index contributed by atoms with van der Waals surface area (Å²) >= 11 is 0. The molecule has 3 aromatic rings. The molecule has 2 heterocycles. The van der Waals surface area contributed by atoms with Crippen LogP contribution in [0.25, 0.3) is 10.9 Å². The van der Waals surface area contributed by atoms with E-state index in [0.717, 1.165) is 17.5 Å². The number of carbonyl (C=O) groups excluding carboxylic acids is 1. The molecule has 24 heavy (non-hydrogen) atoms. The van der Waals surface area contributed by atoms with Crippen LogP contribution in [0.4, 0.5) is 5.69 Å². The Morgan fingerprint density at radius 1 is 1.17 bits per heavy atom. The summed E-state index contributed by atoms with van der Waals surface area (Å²) in [6.07, 6.45) is 3.79. The zero-order valence-corrected chi connectivity index (χ0v) is 13.4. The number of benzene rings is 1. The first-order chi connectivity index (χ1) is 11.5. The molecule has 1 amide bonds. The van der Waals surface area contributed by atoms with E-state index in [0.29, 0.717) is 16.5 Å². The zero-order valence-electron chi connectivity index (χ0n) is 13.4. The Labute approximate surface area is 138 Å². The van der Waals surface area contributed by atoms with E-state index in [1.165, 1.54) is 12.4 Å². The molecule has 0 atom stereocenters. The van der Waals surface area contributed by atoms with Crippen molar-refractivity contribution in [3.05, 3.63) is 53.3 Å². The molecular formula is C18H17N3O3. The van der Waals surface area contributed by atoms with Crippen LogP contribution in [0.5, 0.6) is 11.6 Å². The van der Waals surface area contributed by atoms with Gasteiger partial charge in [0.1, 0.15) is 5.69 Å². The summed E-state index contributed by atoms with van der Waals surface area (Å²) < 4.78 is 0. The molecule has 3 rings (SSSR count). The van der Waals surface area contributed by atoms with E-state index in [9.17, 15) is 15.0 Å². The summed E-state index contributed by atoms with van der Waals surface area (Å²) in [6, 6.07) is 6.74. The highest BCUT2D eigenvalue weighted by molar-refractivity contribution is 6.08. The molecule has 0 aliphatic heterocycles. The summed E-state index contributed by atoms with van der Waals surface area (Å²) in [5.41, 5.74) is 2.68. The van der Waals surface area contributed by atoms with Crippen LogP contribution in [-0.2, 0) is 6.42 Å². The Hall–Kier alpha value is -3.15. The number of pyridine rings is 2. The average Bonchev–Trinajstić information content (AvgIpc) is 2.59. The minimum Gasteiger partial charge on any atom is -0.505 e. The predicted molar refractivity (Wildman–Crippen MR) is 91.4 cm³/mol. The van der Waals surface area contributed by atoms with Crippen molar-refractivity contribution < 1.29 is 15.0 Å². The van der Waals surface area contributed by atoms with Gasteiger partial charge >= 0.3 is 0 Å². The van der Waals surface area contributed by atoms with E-state index in [1.807, 2.05) is 19.9 Å². The van der Waals surface area contributed by atoms with Gasteiger partial charge in [-0.15, -0.1) is 0 Å². The van der Waals surface area contributed by atoms with E-state index in [4.69, 9.17) is 0 Å². The molecule has 0 spiro atoms. The molecule has 3 N–H and O–H groups in total. The third-order valence-electron chi connectivity index (χ3n) is 4.04. The lowest BCUT2D eigenvalue weighted by Gasteiger charge is -2.14. The maximum atomic E-state index is 12.3. The first-order valence-electron chi connectivity index (χ1n) is 7.58. The fourth-order valence-electron chi connectivity index (χ4n) is 2.72. The lowest BCUT2D eigenvalue weighted by Crippen LogP contribution is -2.12. The van der Waals surface area contributed by atoms with Crippen LogP contribution in [0, 0.1) is 6.92 Å². The molecule has 0 unspecified atom stereocenters. The number of aromatic hydroxyl groups is 2. The van der Waals surface area contributed by atoms with Crippen LogP contribution < -0.4 is 5.32 Å². The Balaban J connectivity index is 2.11. The van der Waals surface area contributed by atoms with Crippen molar-refractivity contribution in [1.29, 1.82) is 0 Å². The highest BCUT2D eigenvalue weighted by Crippen LogP contribution is 2.40. The maximum absolute atomic E-state index is 12.3. The summed E-state index contributed by atoms with van der Waals surface area (Å²) in [6.45, 7) is 3.90. The second-order valence-corrected chi connectivity index (χ2v) is 5.45. The lowest BCUT2D eigenvalue weighted by atomic mass is 10.00. The summed E-state index contributed by atoms with van der Waals surface area (Å²) in [4.78, 5) is 20.2. The van der Waals surface area contributed by atoms with Gasteiger partial charge in [-0.2, -0.15) is 0 Å². The van der Waals surface area contributed by atoms with E-state index in [1.54, 1.807) is 18.2 Å². The maximum Gasteiger partial charge on any atom is 0.256 e. The van der Waals surface area contributed by atoms with Gasteiger partial charge in [-0.1, -0.05) is 13.0 Å². The quantitative estimate of drug-likeness (QED) is 0.688. The second-order valence-electron chi connectivity index (χ2n) is 5.45. The number of rotatable bonds is 3. The number of nitrogens with zero attached hydrogens (tertiary/aromatic N) is 2. The molecule has 0 aliphatic carbocycles. The van der Waals surface area contributed by atoms with Crippen LogP contribution in [0.15, 0.2) is 36.7 Å². The monoisotopic (exact) mass is 323 g/mol. The largest absolute Gasteiger partial charge is 0.505 e. The Morgan fingerprint density at radius 2 is 1.88 bits per heavy atom. The molecule has 122 valence electrons.